The molecular weight excluding hydrogens is 390 g/mol. The van der Waals surface area contributed by atoms with Gasteiger partial charge in [-0.1, -0.05) is 54.2 Å². The fourth-order valence-electron chi connectivity index (χ4n) is 2.93. The molecule has 0 bridgehead atoms. The van der Waals surface area contributed by atoms with Gasteiger partial charge in [0, 0.05) is 34.4 Å². The largest absolute Gasteiger partial charge is 0.406 e. The molecule has 0 aliphatic carbocycles. The Balaban J connectivity index is 1.76. The van der Waals surface area contributed by atoms with Crippen molar-refractivity contribution in [3.63, 3.8) is 0 Å². The summed E-state index contributed by atoms with van der Waals surface area (Å²) in [6.07, 6.45) is 6.70. The minimum atomic E-state index is 0.824. The predicted octanol–water partition coefficient (Wildman–Crippen LogP) is 5.87. The number of unbranched alkanes of at least 4 members (excludes halogenated alkanes) is 3. The second-order valence-corrected chi connectivity index (χ2v) is 7.37. The first kappa shape index (κ1) is 18.8. The maximum atomic E-state index is 5.94. The summed E-state index contributed by atoms with van der Waals surface area (Å²) in [5, 5.41) is 12.5. The maximum absolute atomic E-state index is 5.94. The lowest BCUT2D eigenvalue weighted by molar-refractivity contribution is -0.0326. The molecule has 5 heteroatoms. The average Bonchev–Trinajstić information content (AvgIpc) is 2.65. The van der Waals surface area contributed by atoms with Gasteiger partial charge in [0.15, 0.2) is 0 Å². The van der Waals surface area contributed by atoms with E-state index in [0.29, 0.717) is 0 Å². The lowest BCUT2D eigenvalue weighted by Gasteiger charge is -2.18. The summed E-state index contributed by atoms with van der Waals surface area (Å²) in [6, 6.07) is 14.2. The molecule has 0 amide bonds. The number of fused-ring (bicyclic) bond motifs is 1. The first-order valence-corrected chi connectivity index (χ1v) is 9.87. The van der Waals surface area contributed by atoms with Crippen LogP contribution in [-0.4, -0.2) is 28.9 Å². The molecule has 26 heavy (non-hydrogen) atoms. The molecule has 3 aromatic rings. The van der Waals surface area contributed by atoms with Crippen molar-refractivity contribution < 1.29 is 4.84 Å². The van der Waals surface area contributed by atoms with Crippen LogP contribution in [0.15, 0.2) is 53.1 Å². The average molecular weight is 414 g/mol. The third-order valence-corrected chi connectivity index (χ3v) is 4.87. The van der Waals surface area contributed by atoms with Crippen LogP contribution in [0, 0.1) is 0 Å². The first-order chi connectivity index (χ1) is 12.7. The van der Waals surface area contributed by atoms with Crippen LogP contribution >= 0.6 is 15.9 Å². The Labute approximate surface area is 163 Å². The van der Waals surface area contributed by atoms with E-state index in [2.05, 4.69) is 39.1 Å². The molecule has 3 rings (SSSR count). The van der Waals surface area contributed by atoms with Gasteiger partial charge in [-0.05, 0) is 36.8 Å². The Kier molecular flexibility index (Phi) is 6.58. The van der Waals surface area contributed by atoms with Gasteiger partial charge in [-0.15, -0.1) is 10.2 Å². The number of rotatable bonds is 8. The van der Waals surface area contributed by atoms with Gasteiger partial charge in [-0.3, -0.25) is 0 Å². The van der Waals surface area contributed by atoms with Crippen molar-refractivity contribution >= 4 is 26.7 Å². The van der Waals surface area contributed by atoms with Gasteiger partial charge in [0.05, 0.1) is 6.20 Å². The summed E-state index contributed by atoms with van der Waals surface area (Å²) in [7, 11) is 1.98. The van der Waals surface area contributed by atoms with Crippen molar-refractivity contribution in [2.75, 3.05) is 13.6 Å². The minimum Gasteiger partial charge on any atom is -0.406 e. The molecule has 2 aromatic carbocycles. The molecule has 0 aliphatic rings. The second kappa shape index (κ2) is 9.10. The number of aromatic nitrogens is 2. The molecule has 136 valence electrons. The molecule has 1 heterocycles. The number of hydroxylamine groups is 2. The highest BCUT2D eigenvalue weighted by Crippen LogP contribution is 2.29. The summed E-state index contributed by atoms with van der Waals surface area (Å²) >= 11 is 3.47. The Bertz CT molecular complexity index is 852. The van der Waals surface area contributed by atoms with Gasteiger partial charge >= 0.3 is 0 Å². The number of hydrogen-bond donors (Lipinski definition) is 0. The van der Waals surface area contributed by atoms with Crippen molar-refractivity contribution in [1.29, 1.82) is 0 Å². The molecule has 0 spiro atoms. The second-order valence-electron chi connectivity index (χ2n) is 6.45. The third-order valence-electron chi connectivity index (χ3n) is 4.34. The molecule has 4 nitrogen and oxygen atoms in total. The van der Waals surface area contributed by atoms with Crippen molar-refractivity contribution in [3.8, 4) is 17.0 Å². The van der Waals surface area contributed by atoms with E-state index in [1.807, 2.05) is 48.5 Å². The lowest BCUT2D eigenvalue weighted by atomic mass is 10.1. The van der Waals surface area contributed by atoms with E-state index in [0.717, 1.165) is 45.2 Å². The van der Waals surface area contributed by atoms with E-state index in [4.69, 9.17) is 4.84 Å². The number of halogens is 1. The summed E-state index contributed by atoms with van der Waals surface area (Å²) in [6.45, 7) is 3.15. The van der Waals surface area contributed by atoms with Crippen molar-refractivity contribution in [3.05, 3.63) is 53.1 Å². The topological polar surface area (TPSA) is 38.2 Å². The van der Waals surface area contributed by atoms with Crippen LogP contribution in [0.1, 0.15) is 32.6 Å². The van der Waals surface area contributed by atoms with E-state index in [1.165, 1.54) is 19.3 Å². The van der Waals surface area contributed by atoms with Gasteiger partial charge in [-0.2, -0.15) is 5.10 Å². The summed E-state index contributed by atoms with van der Waals surface area (Å²) in [5.74, 6) is 0.824. The van der Waals surface area contributed by atoms with Crippen molar-refractivity contribution in [2.24, 2.45) is 0 Å². The van der Waals surface area contributed by atoms with E-state index >= 15 is 0 Å². The zero-order valence-electron chi connectivity index (χ0n) is 15.3. The van der Waals surface area contributed by atoms with Gasteiger partial charge in [0.25, 0.3) is 0 Å². The number of nitrogens with zero attached hydrogens (tertiary/aromatic N) is 3. The van der Waals surface area contributed by atoms with Gasteiger partial charge in [0.2, 0.25) is 0 Å². The van der Waals surface area contributed by atoms with Gasteiger partial charge in [-0.25, -0.2) is 0 Å². The molecule has 0 N–H and O–H groups in total. The monoisotopic (exact) mass is 413 g/mol. The van der Waals surface area contributed by atoms with Gasteiger partial charge < -0.3 is 4.84 Å². The highest BCUT2D eigenvalue weighted by Gasteiger charge is 2.09. The summed E-state index contributed by atoms with van der Waals surface area (Å²) in [5.41, 5.74) is 1.93. The first-order valence-electron chi connectivity index (χ1n) is 9.08. The van der Waals surface area contributed by atoms with Crippen molar-refractivity contribution in [2.45, 2.75) is 32.6 Å². The highest BCUT2D eigenvalue weighted by atomic mass is 79.9. The van der Waals surface area contributed by atoms with Crippen LogP contribution in [0.4, 0.5) is 0 Å². The number of benzene rings is 2. The Morgan fingerprint density at radius 3 is 2.62 bits per heavy atom. The third kappa shape index (κ3) is 4.80. The molecular formula is C21H24BrN3O. The van der Waals surface area contributed by atoms with Crippen LogP contribution in [0.3, 0.4) is 0 Å². The van der Waals surface area contributed by atoms with Crippen LogP contribution < -0.4 is 4.84 Å². The maximum Gasteiger partial charge on any atom is 0.148 e. The van der Waals surface area contributed by atoms with E-state index in [-0.39, 0.29) is 0 Å². The predicted molar refractivity (Wildman–Crippen MR) is 110 cm³/mol. The molecule has 0 saturated carbocycles. The molecule has 0 unspecified atom stereocenters. The lowest BCUT2D eigenvalue weighted by Crippen LogP contribution is -2.23. The van der Waals surface area contributed by atoms with Crippen LogP contribution in [0.5, 0.6) is 5.75 Å². The number of hydrogen-bond acceptors (Lipinski definition) is 4. The van der Waals surface area contributed by atoms with Crippen LogP contribution in [0.25, 0.3) is 22.0 Å². The van der Waals surface area contributed by atoms with E-state index < -0.39 is 0 Å². The zero-order valence-corrected chi connectivity index (χ0v) is 16.9. The fraction of sp³-hybridized carbons (Fsp3) is 0.333. The SMILES string of the molecule is CCCCCCN(C)Oc1ccc2c(-c3ccc(Br)cc3)nncc2c1. The molecule has 0 atom stereocenters. The van der Waals surface area contributed by atoms with E-state index in [9.17, 15) is 0 Å². The fourth-order valence-corrected chi connectivity index (χ4v) is 3.19. The van der Waals surface area contributed by atoms with Crippen LogP contribution in [0.2, 0.25) is 0 Å². The minimum absolute atomic E-state index is 0.824. The standard InChI is InChI=1S/C21H24BrN3O/c1-3-4-5-6-13-25(2)26-19-11-12-20-17(14-19)15-23-24-21(20)16-7-9-18(22)10-8-16/h7-12,14-15H,3-6,13H2,1-2H3. The van der Waals surface area contributed by atoms with Crippen LogP contribution in [-0.2, 0) is 0 Å². The molecule has 0 aliphatic heterocycles. The zero-order chi connectivity index (χ0) is 18.4. The van der Waals surface area contributed by atoms with E-state index in [1.54, 1.807) is 6.20 Å². The summed E-state index contributed by atoms with van der Waals surface area (Å²) < 4.78 is 1.05. The molecule has 0 radical (unpaired) electrons. The molecule has 1 aromatic heterocycles. The van der Waals surface area contributed by atoms with Gasteiger partial charge in [0.1, 0.15) is 11.4 Å². The Morgan fingerprint density at radius 2 is 1.85 bits per heavy atom. The molecule has 0 saturated heterocycles. The Hall–Kier alpha value is -1.98. The smallest absolute Gasteiger partial charge is 0.148 e. The summed E-state index contributed by atoms with van der Waals surface area (Å²) in [4.78, 5) is 5.94. The van der Waals surface area contributed by atoms with Crippen molar-refractivity contribution in [1.82, 2.24) is 15.3 Å². The Morgan fingerprint density at radius 1 is 1.04 bits per heavy atom. The normalized spacial score (nSPS) is 11.2. The molecule has 0 fully saturated rings. The quantitative estimate of drug-likeness (QED) is 0.342. The highest BCUT2D eigenvalue weighted by molar-refractivity contribution is 9.10.